The third kappa shape index (κ3) is 3.89. The minimum atomic E-state index is -4.43. The van der Waals surface area contributed by atoms with Gasteiger partial charge >= 0.3 is 6.18 Å². The summed E-state index contributed by atoms with van der Waals surface area (Å²) in [6, 6.07) is 0. The first-order valence-electron chi connectivity index (χ1n) is 4.65. The number of halogens is 3. The van der Waals surface area contributed by atoms with Crippen LogP contribution in [0.1, 0.15) is 10.5 Å². The van der Waals surface area contributed by atoms with E-state index in [0.717, 1.165) is 13.2 Å². The molecule has 5 nitrogen and oxygen atoms in total. The number of aromatic nitrogens is 2. The van der Waals surface area contributed by atoms with E-state index in [2.05, 4.69) is 15.3 Å². The zero-order valence-corrected chi connectivity index (χ0v) is 9.25. The lowest BCUT2D eigenvalue weighted by Crippen LogP contribution is -2.36. The van der Waals surface area contributed by atoms with Crippen molar-refractivity contribution in [2.45, 2.75) is 6.18 Å². The molecule has 0 saturated heterocycles. The van der Waals surface area contributed by atoms with E-state index >= 15 is 0 Å². The van der Waals surface area contributed by atoms with Crippen molar-refractivity contribution in [1.29, 1.82) is 0 Å². The first kappa shape index (κ1) is 13.2. The van der Waals surface area contributed by atoms with Gasteiger partial charge in [-0.15, -0.1) is 0 Å². The fourth-order valence-electron chi connectivity index (χ4n) is 1.13. The summed E-state index contributed by atoms with van der Waals surface area (Å²) < 4.78 is 36.3. The van der Waals surface area contributed by atoms with Crippen LogP contribution in [-0.4, -0.2) is 47.6 Å². The van der Waals surface area contributed by atoms with Crippen LogP contribution in [0.15, 0.2) is 12.4 Å². The fourth-order valence-corrected chi connectivity index (χ4v) is 1.13. The molecule has 1 aromatic rings. The Balaban J connectivity index is 2.81. The molecule has 1 N–H and O–H groups in total. The Labute approximate surface area is 95.7 Å². The summed E-state index contributed by atoms with van der Waals surface area (Å²) in [6.07, 6.45) is -1.95. The van der Waals surface area contributed by atoms with Gasteiger partial charge in [0.05, 0.1) is 12.4 Å². The molecule has 0 radical (unpaired) electrons. The molecule has 0 aromatic carbocycles. The van der Waals surface area contributed by atoms with Gasteiger partial charge in [0.25, 0.3) is 5.91 Å². The first-order chi connectivity index (χ1) is 7.83. The molecule has 0 aliphatic heterocycles. The Morgan fingerprint density at radius 2 is 2.12 bits per heavy atom. The van der Waals surface area contributed by atoms with Crippen LogP contribution < -0.4 is 5.32 Å². The van der Waals surface area contributed by atoms with Crippen LogP contribution in [0.4, 0.5) is 19.0 Å². The monoisotopic (exact) mass is 248 g/mol. The Morgan fingerprint density at radius 3 is 2.65 bits per heavy atom. The maximum absolute atomic E-state index is 12.1. The molecule has 0 aliphatic carbocycles. The van der Waals surface area contributed by atoms with E-state index in [0.29, 0.717) is 10.7 Å². The van der Waals surface area contributed by atoms with Gasteiger partial charge in [0.1, 0.15) is 18.1 Å². The minimum absolute atomic E-state index is 0.136. The standard InChI is InChI=1S/C9H11F3N4O/c1-13-7-4-14-3-6(15-7)8(17)16(2)5-9(10,11)12/h3-4H,5H2,1-2H3,(H,13,15). The van der Waals surface area contributed by atoms with Crippen LogP contribution in [0.5, 0.6) is 0 Å². The number of amides is 1. The molecule has 17 heavy (non-hydrogen) atoms. The van der Waals surface area contributed by atoms with Crippen molar-refractivity contribution >= 4 is 11.7 Å². The molecule has 0 unspecified atom stereocenters. The predicted molar refractivity (Wildman–Crippen MR) is 54.6 cm³/mol. The highest BCUT2D eigenvalue weighted by atomic mass is 19.4. The summed E-state index contributed by atoms with van der Waals surface area (Å²) >= 11 is 0. The normalized spacial score (nSPS) is 11.1. The van der Waals surface area contributed by atoms with Gasteiger partial charge < -0.3 is 10.2 Å². The van der Waals surface area contributed by atoms with Crippen molar-refractivity contribution in [2.24, 2.45) is 0 Å². The van der Waals surface area contributed by atoms with Crippen molar-refractivity contribution in [2.75, 3.05) is 26.0 Å². The topological polar surface area (TPSA) is 58.1 Å². The maximum Gasteiger partial charge on any atom is 0.406 e. The van der Waals surface area contributed by atoms with Crippen molar-refractivity contribution in [3.8, 4) is 0 Å². The van der Waals surface area contributed by atoms with E-state index in [1.807, 2.05) is 0 Å². The molecule has 0 spiro atoms. The second-order valence-corrected chi connectivity index (χ2v) is 3.32. The van der Waals surface area contributed by atoms with E-state index in [4.69, 9.17) is 0 Å². The summed E-state index contributed by atoms with van der Waals surface area (Å²) in [4.78, 5) is 19.6. The highest BCUT2D eigenvalue weighted by Crippen LogP contribution is 2.16. The zero-order chi connectivity index (χ0) is 13.1. The van der Waals surface area contributed by atoms with Crippen molar-refractivity contribution in [1.82, 2.24) is 14.9 Å². The van der Waals surface area contributed by atoms with Gasteiger partial charge in [-0.05, 0) is 0 Å². The van der Waals surface area contributed by atoms with E-state index < -0.39 is 18.6 Å². The third-order valence-electron chi connectivity index (χ3n) is 1.87. The van der Waals surface area contributed by atoms with Crippen molar-refractivity contribution < 1.29 is 18.0 Å². The van der Waals surface area contributed by atoms with Gasteiger partial charge in [0.2, 0.25) is 0 Å². The molecule has 0 bridgehead atoms. The second kappa shape index (κ2) is 4.98. The molecule has 1 heterocycles. The Hall–Kier alpha value is -1.86. The van der Waals surface area contributed by atoms with Gasteiger partial charge in [-0.2, -0.15) is 13.2 Å². The summed E-state index contributed by atoms with van der Waals surface area (Å²) in [6.45, 7) is -1.32. The van der Waals surface area contributed by atoms with E-state index in [-0.39, 0.29) is 5.69 Å². The lowest BCUT2D eigenvalue weighted by atomic mass is 10.3. The number of nitrogens with zero attached hydrogens (tertiary/aromatic N) is 3. The third-order valence-corrected chi connectivity index (χ3v) is 1.87. The van der Waals surface area contributed by atoms with Crippen LogP contribution in [0.3, 0.4) is 0 Å². The first-order valence-corrected chi connectivity index (χ1v) is 4.65. The second-order valence-electron chi connectivity index (χ2n) is 3.32. The number of hydrogen-bond acceptors (Lipinski definition) is 4. The molecule has 0 saturated carbocycles. The summed E-state index contributed by atoms with van der Waals surface area (Å²) in [5.74, 6) is -0.511. The zero-order valence-electron chi connectivity index (χ0n) is 9.25. The SMILES string of the molecule is CNc1cncc(C(=O)N(C)CC(F)(F)F)n1. The number of rotatable bonds is 3. The number of carbonyl (C=O) groups is 1. The lowest BCUT2D eigenvalue weighted by molar-refractivity contribution is -0.138. The van der Waals surface area contributed by atoms with Gasteiger partial charge in [-0.25, -0.2) is 4.98 Å². The summed E-state index contributed by atoms with van der Waals surface area (Å²) in [5, 5.41) is 2.64. The van der Waals surface area contributed by atoms with E-state index in [1.54, 1.807) is 7.05 Å². The van der Waals surface area contributed by atoms with Crippen LogP contribution >= 0.6 is 0 Å². The minimum Gasteiger partial charge on any atom is -0.372 e. The van der Waals surface area contributed by atoms with Crippen molar-refractivity contribution in [3.05, 3.63) is 18.1 Å². The number of anilines is 1. The molecule has 1 rings (SSSR count). The van der Waals surface area contributed by atoms with E-state index in [1.165, 1.54) is 6.20 Å². The Bertz CT molecular complexity index is 407. The fraction of sp³-hybridized carbons (Fsp3) is 0.444. The van der Waals surface area contributed by atoms with Crippen LogP contribution in [0.25, 0.3) is 0 Å². The molecule has 0 atom stereocenters. The molecule has 0 aliphatic rings. The van der Waals surface area contributed by atoms with Crippen LogP contribution in [0.2, 0.25) is 0 Å². The van der Waals surface area contributed by atoms with Gasteiger partial charge in [-0.1, -0.05) is 0 Å². The Kier molecular flexibility index (Phi) is 3.87. The average molecular weight is 248 g/mol. The molecule has 94 valence electrons. The van der Waals surface area contributed by atoms with Gasteiger partial charge in [-0.3, -0.25) is 9.78 Å². The predicted octanol–water partition coefficient (Wildman–Crippen LogP) is 1.15. The number of alkyl halides is 3. The number of hydrogen-bond donors (Lipinski definition) is 1. The lowest BCUT2D eigenvalue weighted by Gasteiger charge is -2.18. The summed E-state index contributed by atoms with van der Waals surface area (Å²) in [5.41, 5.74) is -0.136. The Morgan fingerprint density at radius 1 is 1.47 bits per heavy atom. The quantitative estimate of drug-likeness (QED) is 0.871. The van der Waals surface area contributed by atoms with E-state index in [9.17, 15) is 18.0 Å². The highest BCUT2D eigenvalue weighted by Gasteiger charge is 2.31. The summed E-state index contributed by atoms with van der Waals surface area (Å²) in [7, 11) is 2.63. The molecule has 8 heteroatoms. The van der Waals surface area contributed by atoms with Crippen LogP contribution in [-0.2, 0) is 0 Å². The average Bonchev–Trinajstić information content (AvgIpc) is 2.26. The molecular weight excluding hydrogens is 237 g/mol. The molecule has 0 fully saturated rings. The van der Waals surface area contributed by atoms with Crippen molar-refractivity contribution in [3.63, 3.8) is 0 Å². The van der Waals surface area contributed by atoms with Gasteiger partial charge in [0.15, 0.2) is 0 Å². The largest absolute Gasteiger partial charge is 0.406 e. The number of nitrogens with one attached hydrogen (secondary N) is 1. The van der Waals surface area contributed by atoms with Gasteiger partial charge in [0, 0.05) is 14.1 Å². The molecule has 1 aromatic heterocycles. The molecular formula is C9H11F3N4O. The maximum atomic E-state index is 12.1. The smallest absolute Gasteiger partial charge is 0.372 e. The molecule has 1 amide bonds. The van der Waals surface area contributed by atoms with Crippen LogP contribution in [0, 0.1) is 0 Å². The number of carbonyl (C=O) groups excluding carboxylic acids is 1. The highest BCUT2D eigenvalue weighted by molar-refractivity contribution is 5.92.